The zero-order valence-corrected chi connectivity index (χ0v) is 20.3. The maximum Gasteiger partial charge on any atom is 0.322 e. The number of hydrogen-bond acceptors (Lipinski definition) is 2. The van der Waals surface area contributed by atoms with Gasteiger partial charge in [-0.25, -0.2) is 4.79 Å². The minimum absolute atomic E-state index is 0.105. The minimum Gasteiger partial charge on any atom is -0.320 e. The standard InChI is InChI=1S/C25H28Cl3N3O/c26-20-5-3-4-19(14-20)18-6-8-24(9-7-18)31(13-12-30-10-1-2-11-30)25(32)29-23-16-21(27)15-22(28)17-23/h3-6,14-17,24H,1-2,7-13H2,(H,29,32). The highest BCUT2D eigenvalue weighted by molar-refractivity contribution is 6.35. The van der Waals surface area contributed by atoms with E-state index in [1.165, 1.54) is 18.4 Å². The normalized spacial score (nSPS) is 19.0. The van der Waals surface area contributed by atoms with Crippen molar-refractivity contribution < 1.29 is 4.79 Å². The summed E-state index contributed by atoms with van der Waals surface area (Å²) >= 11 is 18.4. The van der Waals surface area contributed by atoms with E-state index in [0.29, 0.717) is 22.3 Å². The van der Waals surface area contributed by atoms with Crippen molar-refractivity contribution in [3.8, 4) is 0 Å². The molecule has 0 aromatic heterocycles. The van der Waals surface area contributed by atoms with Crippen LogP contribution in [0.3, 0.4) is 0 Å². The van der Waals surface area contributed by atoms with Crippen LogP contribution in [-0.4, -0.2) is 48.1 Å². The van der Waals surface area contributed by atoms with Crippen LogP contribution in [-0.2, 0) is 0 Å². The fraction of sp³-hybridized carbons (Fsp3) is 0.400. The highest BCUT2D eigenvalue weighted by Gasteiger charge is 2.27. The number of carbonyl (C=O) groups excluding carboxylic acids is 1. The topological polar surface area (TPSA) is 35.6 Å². The SMILES string of the molecule is O=C(Nc1cc(Cl)cc(Cl)c1)N(CCN1CCCC1)C1CC=C(c2cccc(Cl)c2)CC1. The molecule has 0 bridgehead atoms. The fourth-order valence-corrected chi connectivity index (χ4v) is 5.30. The highest BCUT2D eigenvalue weighted by atomic mass is 35.5. The van der Waals surface area contributed by atoms with Crippen LogP contribution < -0.4 is 5.32 Å². The minimum atomic E-state index is -0.105. The highest BCUT2D eigenvalue weighted by Crippen LogP contribution is 2.31. The van der Waals surface area contributed by atoms with E-state index in [2.05, 4.69) is 22.4 Å². The Balaban J connectivity index is 1.47. The average molecular weight is 493 g/mol. The molecule has 1 aliphatic carbocycles. The van der Waals surface area contributed by atoms with E-state index in [0.717, 1.165) is 49.5 Å². The van der Waals surface area contributed by atoms with Gasteiger partial charge in [0.15, 0.2) is 0 Å². The maximum atomic E-state index is 13.3. The molecular formula is C25H28Cl3N3O. The molecule has 0 radical (unpaired) electrons. The van der Waals surface area contributed by atoms with Crippen LogP contribution in [0.15, 0.2) is 48.5 Å². The van der Waals surface area contributed by atoms with Crippen LogP contribution in [0.25, 0.3) is 5.57 Å². The van der Waals surface area contributed by atoms with Crippen molar-refractivity contribution in [3.05, 3.63) is 69.2 Å². The largest absolute Gasteiger partial charge is 0.322 e. The first kappa shape index (κ1) is 23.4. The molecule has 2 aromatic rings. The predicted octanol–water partition coefficient (Wildman–Crippen LogP) is 7.21. The molecule has 0 spiro atoms. The first-order chi connectivity index (χ1) is 15.5. The lowest BCUT2D eigenvalue weighted by molar-refractivity contribution is 0.170. The Morgan fingerprint density at radius 1 is 1.03 bits per heavy atom. The van der Waals surface area contributed by atoms with Crippen molar-refractivity contribution in [1.29, 1.82) is 0 Å². The molecule has 1 unspecified atom stereocenters. The molecule has 1 saturated heterocycles. The molecule has 2 aromatic carbocycles. The van der Waals surface area contributed by atoms with E-state index in [9.17, 15) is 4.79 Å². The molecule has 1 fully saturated rings. The molecule has 4 nitrogen and oxygen atoms in total. The smallest absolute Gasteiger partial charge is 0.320 e. The summed E-state index contributed by atoms with van der Waals surface area (Å²) in [6.07, 6.45) is 7.39. The summed E-state index contributed by atoms with van der Waals surface area (Å²) in [4.78, 5) is 17.7. The quantitative estimate of drug-likeness (QED) is 0.462. The number of hydrogen-bond donors (Lipinski definition) is 1. The number of likely N-dealkylation sites (tertiary alicyclic amines) is 1. The zero-order valence-electron chi connectivity index (χ0n) is 18.0. The molecule has 2 aliphatic rings. The van der Waals surface area contributed by atoms with Crippen molar-refractivity contribution in [2.24, 2.45) is 0 Å². The molecule has 4 rings (SSSR count). The van der Waals surface area contributed by atoms with Crippen molar-refractivity contribution in [3.63, 3.8) is 0 Å². The Bertz CT molecular complexity index is 968. The molecule has 0 saturated carbocycles. The molecule has 1 N–H and O–H groups in total. The van der Waals surface area contributed by atoms with Gasteiger partial charge in [-0.1, -0.05) is 53.0 Å². The zero-order chi connectivity index (χ0) is 22.5. The van der Waals surface area contributed by atoms with Crippen LogP contribution in [0.2, 0.25) is 15.1 Å². The molecule has 32 heavy (non-hydrogen) atoms. The van der Waals surface area contributed by atoms with Gasteiger partial charge in [0, 0.05) is 39.9 Å². The van der Waals surface area contributed by atoms with Gasteiger partial charge in [0.05, 0.1) is 0 Å². The Morgan fingerprint density at radius 3 is 2.44 bits per heavy atom. The van der Waals surface area contributed by atoms with Crippen molar-refractivity contribution in [2.75, 3.05) is 31.5 Å². The van der Waals surface area contributed by atoms with Gasteiger partial charge < -0.3 is 15.1 Å². The third kappa shape index (κ3) is 6.20. The fourth-order valence-electron chi connectivity index (χ4n) is 4.58. The second kappa shape index (κ2) is 10.9. The van der Waals surface area contributed by atoms with E-state index in [1.54, 1.807) is 18.2 Å². The van der Waals surface area contributed by atoms with Gasteiger partial charge in [0.2, 0.25) is 0 Å². The molecule has 1 aliphatic heterocycles. The Hall–Kier alpha value is -1.72. The lowest BCUT2D eigenvalue weighted by Gasteiger charge is -2.35. The third-order valence-electron chi connectivity index (χ3n) is 6.25. The first-order valence-electron chi connectivity index (χ1n) is 11.2. The molecular weight excluding hydrogens is 465 g/mol. The van der Waals surface area contributed by atoms with Crippen LogP contribution in [0.1, 0.15) is 37.7 Å². The second-order valence-electron chi connectivity index (χ2n) is 8.50. The van der Waals surface area contributed by atoms with E-state index in [4.69, 9.17) is 34.8 Å². The van der Waals surface area contributed by atoms with Gasteiger partial charge in [-0.2, -0.15) is 0 Å². The first-order valence-corrected chi connectivity index (χ1v) is 12.3. The number of rotatable bonds is 6. The van der Waals surface area contributed by atoms with Crippen LogP contribution in [0.5, 0.6) is 0 Å². The number of benzene rings is 2. The summed E-state index contributed by atoms with van der Waals surface area (Å²) in [6.45, 7) is 3.82. The van der Waals surface area contributed by atoms with E-state index in [1.807, 2.05) is 23.1 Å². The van der Waals surface area contributed by atoms with Crippen molar-refractivity contribution in [2.45, 2.75) is 38.1 Å². The van der Waals surface area contributed by atoms with Gasteiger partial charge in [0.1, 0.15) is 0 Å². The number of nitrogens with zero attached hydrogens (tertiary/aromatic N) is 2. The van der Waals surface area contributed by atoms with Crippen molar-refractivity contribution in [1.82, 2.24) is 9.80 Å². The summed E-state index contributed by atoms with van der Waals surface area (Å²) in [5, 5.41) is 4.76. The van der Waals surface area contributed by atoms with Crippen LogP contribution >= 0.6 is 34.8 Å². The molecule has 1 atom stereocenters. The van der Waals surface area contributed by atoms with Crippen LogP contribution in [0, 0.1) is 0 Å². The van der Waals surface area contributed by atoms with Gasteiger partial charge in [-0.15, -0.1) is 0 Å². The molecule has 2 amide bonds. The van der Waals surface area contributed by atoms with E-state index >= 15 is 0 Å². The average Bonchev–Trinajstić information content (AvgIpc) is 3.27. The molecule has 7 heteroatoms. The summed E-state index contributed by atoms with van der Waals surface area (Å²) < 4.78 is 0. The monoisotopic (exact) mass is 491 g/mol. The van der Waals surface area contributed by atoms with E-state index < -0.39 is 0 Å². The number of carbonyl (C=O) groups is 1. The van der Waals surface area contributed by atoms with Crippen LogP contribution in [0.4, 0.5) is 10.5 Å². The number of anilines is 1. The third-order valence-corrected chi connectivity index (χ3v) is 6.92. The number of urea groups is 1. The lowest BCUT2D eigenvalue weighted by Crippen LogP contribution is -2.47. The van der Waals surface area contributed by atoms with Gasteiger partial charge >= 0.3 is 6.03 Å². The molecule has 170 valence electrons. The number of allylic oxidation sites excluding steroid dienone is 1. The Labute approximate surface area is 205 Å². The summed E-state index contributed by atoms with van der Waals surface area (Å²) in [5.41, 5.74) is 3.08. The maximum absolute atomic E-state index is 13.3. The van der Waals surface area contributed by atoms with Gasteiger partial charge in [-0.3, -0.25) is 0 Å². The number of halogens is 3. The number of amides is 2. The lowest BCUT2D eigenvalue weighted by atomic mass is 9.90. The van der Waals surface area contributed by atoms with E-state index in [-0.39, 0.29) is 12.1 Å². The van der Waals surface area contributed by atoms with Gasteiger partial charge in [-0.05, 0) is 86.7 Å². The molecule has 1 heterocycles. The summed E-state index contributed by atoms with van der Waals surface area (Å²) in [7, 11) is 0. The predicted molar refractivity (Wildman–Crippen MR) is 135 cm³/mol. The summed E-state index contributed by atoms with van der Waals surface area (Å²) in [6, 6.07) is 13.1. The van der Waals surface area contributed by atoms with Gasteiger partial charge in [0.25, 0.3) is 0 Å². The Kier molecular flexibility index (Phi) is 8.01. The summed E-state index contributed by atoms with van der Waals surface area (Å²) in [5.74, 6) is 0. The number of nitrogens with one attached hydrogen (secondary N) is 1. The van der Waals surface area contributed by atoms with Crippen molar-refractivity contribution >= 4 is 52.1 Å². The Morgan fingerprint density at radius 2 is 1.78 bits per heavy atom. The second-order valence-corrected chi connectivity index (χ2v) is 9.81.